The highest BCUT2D eigenvalue weighted by Gasteiger charge is 1.98. The van der Waals surface area contributed by atoms with Gasteiger partial charge in [0.15, 0.2) is 0 Å². The van der Waals surface area contributed by atoms with E-state index in [2.05, 4.69) is 18.8 Å². The molecule has 0 amide bonds. The second-order valence-electron chi connectivity index (χ2n) is 3.74. The van der Waals surface area contributed by atoms with Crippen molar-refractivity contribution >= 4 is 0 Å². The van der Waals surface area contributed by atoms with E-state index in [1.54, 1.807) is 17.0 Å². The molecule has 72 valence electrons. The van der Waals surface area contributed by atoms with Crippen LogP contribution < -0.4 is 5.56 Å². The summed E-state index contributed by atoms with van der Waals surface area (Å²) in [6.45, 7) is 6.89. The summed E-state index contributed by atoms with van der Waals surface area (Å²) in [5, 5.41) is 0. The van der Waals surface area contributed by atoms with Gasteiger partial charge < -0.3 is 0 Å². The number of nitrogens with zero attached hydrogens (tertiary/aromatic N) is 2. The van der Waals surface area contributed by atoms with Crippen molar-refractivity contribution in [3.63, 3.8) is 0 Å². The van der Waals surface area contributed by atoms with Crippen LogP contribution in [0.25, 0.3) is 0 Å². The van der Waals surface area contributed by atoms with E-state index in [1.807, 2.05) is 6.92 Å². The highest BCUT2D eigenvalue weighted by molar-refractivity contribution is 4.95. The Morgan fingerprint density at radius 3 is 2.77 bits per heavy atom. The molecule has 0 spiro atoms. The van der Waals surface area contributed by atoms with Crippen LogP contribution in [0, 0.1) is 12.8 Å². The molecule has 1 aromatic heterocycles. The van der Waals surface area contributed by atoms with Gasteiger partial charge in [0.2, 0.25) is 0 Å². The molecule has 3 nitrogen and oxygen atoms in total. The van der Waals surface area contributed by atoms with Crippen molar-refractivity contribution in [2.75, 3.05) is 0 Å². The smallest absolute Gasteiger partial charge is 0.253 e. The summed E-state index contributed by atoms with van der Waals surface area (Å²) in [4.78, 5) is 15.5. The summed E-state index contributed by atoms with van der Waals surface area (Å²) in [5.41, 5.74) is 0.832. The van der Waals surface area contributed by atoms with E-state index in [0.717, 1.165) is 18.7 Å². The molecule has 0 saturated carbocycles. The van der Waals surface area contributed by atoms with Crippen LogP contribution in [0.1, 0.15) is 26.0 Å². The van der Waals surface area contributed by atoms with E-state index in [1.165, 1.54) is 0 Å². The van der Waals surface area contributed by atoms with Gasteiger partial charge in [-0.25, -0.2) is 4.98 Å². The summed E-state index contributed by atoms with van der Waals surface area (Å²) in [6, 6.07) is 1.57. The number of aryl methyl sites for hydroxylation is 2. The van der Waals surface area contributed by atoms with Crippen LogP contribution >= 0.6 is 0 Å². The minimum absolute atomic E-state index is 0.0492. The molecule has 0 aromatic carbocycles. The lowest BCUT2D eigenvalue weighted by Crippen LogP contribution is -2.20. The van der Waals surface area contributed by atoms with Gasteiger partial charge in [-0.15, -0.1) is 0 Å². The SMILES string of the molecule is Cc1cc(=O)n(CCC(C)C)cn1. The fraction of sp³-hybridized carbons (Fsp3) is 0.600. The molecule has 0 atom stereocenters. The average Bonchev–Trinajstić information content (AvgIpc) is 2.02. The van der Waals surface area contributed by atoms with Crippen molar-refractivity contribution in [2.24, 2.45) is 5.92 Å². The van der Waals surface area contributed by atoms with Crippen molar-refractivity contribution in [2.45, 2.75) is 33.7 Å². The molecule has 0 unspecified atom stereocenters. The molecule has 0 saturated heterocycles. The predicted octanol–water partition coefficient (Wildman–Crippen LogP) is 1.60. The van der Waals surface area contributed by atoms with Gasteiger partial charge in [0.05, 0.1) is 6.33 Å². The average molecular weight is 180 g/mol. The summed E-state index contributed by atoms with van der Waals surface area (Å²) < 4.78 is 1.66. The summed E-state index contributed by atoms with van der Waals surface area (Å²) >= 11 is 0. The Morgan fingerprint density at radius 1 is 1.54 bits per heavy atom. The number of hydrogen-bond acceptors (Lipinski definition) is 2. The van der Waals surface area contributed by atoms with Crippen molar-refractivity contribution < 1.29 is 0 Å². The second kappa shape index (κ2) is 4.21. The highest BCUT2D eigenvalue weighted by atomic mass is 16.1. The first-order valence-corrected chi connectivity index (χ1v) is 4.62. The Hall–Kier alpha value is -1.12. The zero-order valence-corrected chi connectivity index (χ0v) is 8.45. The van der Waals surface area contributed by atoms with Crippen molar-refractivity contribution in [3.8, 4) is 0 Å². The van der Waals surface area contributed by atoms with Crippen molar-refractivity contribution in [1.29, 1.82) is 0 Å². The van der Waals surface area contributed by atoms with E-state index < -0.39 is 0 Å². The largest absolute Gasteiger partial charge is 0.299 e. The van der Waals surface area contributed by atoms with Gasteiger partial charge >= 0.3 is 0 Å². The summed E-state index contributed by atoms with van der Waals surface area (Å²) in [7, 11) is 0. The third-order valence-corrected chi connectivity index (χ3v) is 1.96. The standard InChI is InChI=1S/C10H16N2O/c1-8(2)4-5-12-7-11-9(3)6-10(12)13/h6-8H,4-5H2,1-3H3. The van der Waals surface area contributed by atoms with Crippen LogP contribution in [-0.4, -0.2) is 9.55 Å². The molecule has 0 fully saturated rings. The fourth-order valence-electron chi connectivity index (χ4n) is 1.08. The van der Waals surface area contributed by atoms with E-state index in [0.29, 0.717) is 5.92 Å². The molecule has 0 aliphatic carbocycles. The molecule has 0 aliphatic heterocycles. The molecule has 3 heteroatoms. The second-order valence-corrected chi connectivity index (χ2v) is 3.74. The molecule has 1 rings (SSSR count). The number of hydrogen-bond donors (Lipinski definition) is 0. The van der Waals surface area contributed by atoms with Crippen molar-refractivity contribution in [1.82, 2.24) is 9.55 Å². The summed E-state index contributed by atoms with van der Waals surface area (Å²) in [5.74, 6) is 0.619. The monoisotopic (exact) mass is 180 g/mol. The van der Waals surface area contributed by atoms with E-state index in [4.69, 9.17) is 0 Å². The quantitative estimate of drug-likeness (QED) is 0.708. The minimum atomic E-state index is 0.0492. The normalized spacial score (nSPS) is 10.8. The molecule has 1 aromatic rings. The van der Waals surface area contributed by atoms with Crippen LogP contribution in [0.3, 0.4) is 0 Å². The Labute approximate surface area is 78.4 Å². The molecule has 13 heavy (non-hydrogen) atoms. The summed E-state index contributed by atoms with van der Waals surface area (Å²) in [6.07, 6.45) is 2.64. The van der Waals surface area contributed by atoms with E-state index >= 15 is 0 Å². The van der Waals surface area contributed by atoms with Crippen LogP contribution in [0.5, 0.6) is 0 Å². The van der Waals surface area contributed by atoms with Gasteiger partial charge in [-0.05, 0) is 19.3 Å². The Kier molecular flexibility index (Phi) is 3.23. The molecule has 0 bridgehead atoms. The third-order valence-electron chi connectivity index (χ3n) is 1.96. The van der Waals surface area contributed by atoms with Crippen LogP contribution in [0.2, 0.25) is 0 Å². The van der Waals surface area contributed by atoms with Crippen molar-refractivity contribution in [3.05, 3.63) is 28.4 Å². The maximum atomic E-state index is 11.4. The predicted molar refractivity (Wildman–Crippen MR) is 52.7 cm³/mol. The zero-order valence-electron chi connectivity index (χ0n) is 8.45. The lowest BCUT2D eigenvalue weighted by atomic mass is 10.1. The van der Waals surface area contributed by atoms with E-state index in [9.17, 15) is 4.79 Å². The lowest BCUT2D eigenvalue weighted by Gasteiger charge is -2.06. The third kappa shape index (κ3) is 3.01. The van der Waals surface area contributed by atoms with E-state index in [-0.39, 0.29) is 5.56 Å². The maximum Gasteiger partial charge on any atom is 0.253 e. The minimum Gasteiger partial charge on any atom is -0.299 e. The molecule has 0 aliphatic rings. The first-order valence-electron chi connectivity index (χ1n) is 4.62. The van der Waals surface area contributed by atoms with Crippen LogP contribution in [0.4, 0.5) is 0 Å². The van der Waals surface area contributed by atoms with Gasteiger partial charge in [0, 0.05) is 18.3 Å². The zero-order chi connectivity index (χ0) is 9.84. The molecule has 0 radical (unpaired) electrons. The molecule has 1 heterocycles. The van der Waals surface area contributed by atoms with Gasteiger partial charge in [-0.3, -0.25) is 9.36 Å². The first kappa shape index (κ1) is 9.96. The first-order chi connectivity index (χ1) is 6.09. The Balaban J connectivity index is 2.73. The van der Waals surface area contributed by atoms with Crippen LogP contribution in [-0.2, 0) is 6.54 Å². The highest BCUT2D eigenvalue weighted by Crippen LogP contribution is 2.00. The van der Waals surface area contributed by atoms with Crippen LogP contribution in [0.15, 0.2) is 17.2 Å². The Morgan fingerprint density at radius 2 is 2.23 bits per heavy atom. The topological polar surface area (TPSA) is 34.9 Å². The Bertz CT molecular complexity index is 328. The van der Waals surface area contributed by atoms with Gasteiger partial charge in [0.25, 0.3) is 5.56 Å². The number of aromatic nitrogens is 2. The maximum absolute atomic E-state index is 11.4. The molecular formula is C10H16N2O. The van der Waals surface area contributed by atoms with Gasteiger partial charge in [0.1, 0.15) is 0 Å². The lowest BCUT2D eigenvalue weighted by molar-refractivity contribution is 0.503. The van der Waals surface area contributed by atoms with Gasteiger partial charge in [-0.1, -0.05) is 13.8 Å². The number of rotatable bonds is 3. The van der Waals surface area contributed by atoms with Gasteiger partial charge in [-0.2, -0.15) is 0 Å². The molecule has 0 N–H and O–H groups in total. The molecular weight excluding hydrogens is 164 g/mol. The fourth-order valence-corrected chi connectivity index (χ4v) is 1.08.